The Kier molecular flexibility index (Phi) is 9.10. The molecule has 3 rings (SSSR count). The van der Waals surface area contributed by atoms with E-state index in [9.17, 15) is 40.9 Å². The van der Waals surface area contributed by atoms with E-state index in [2.05, 4.69) is 21.9 Å². The smallest absolute Gasteiger partial charge is 0.382 e. The van der Waals surface area contributed by atoms with Gasteiger partial charge in [0.1, 0.15) is 23.7 Å². The molecule has 0 aliphatic carbocycles. The monoisotopic (exact) mass is 605 g/mol. The maximum atomic E-state index is 15.7. The van der Waals surface area contributed by atoms with Crippen molar-refractivity contribution in [2.45, 2.75) is 29.7 Å². The number of hydrazone groups is 1. The highest BCUT2D eigenvalue weighted by Gasteiger charge is 2.62. The molecule has 0 fully saturated rings. The van der Waals surface area contributed by atoms with Crippen LogP contribution in [0, 0.1) is 23.5 Å². The Hall–Kier alpha value is -4.33. The number of aromatic nitrogens is 1. The number of nitrogens with zero attached hydrogens (tertiary/aromatic N) is 3. The highest BCUT2D eigenvalue weighted by Crippen LogP contribution is 2.46. The minimum Gasteiger partial charge on any atom is -0.382 e. The lowest BCUT2D eigenvalue weighted by Gasteiger charge is -2.37. The molecule has 1 aromatic heterocycles. The largest absolute Gasteiger partial charge is 0.456 e. The first kappa shape index (κ1) is 32.2. The van der Waals surface area contributed by atoms with Crippen molar-refractivity contribution >= 4 is 6.34 Å². The van der Waals surface area contributed by atoms with E-state index in [4.69, 9.17) is 11.7 Å². The van der Waals surface area contributed by atoms with E-state index in [0.717, 1.165) is 42.6 Å². The Morgan fingerprint density at radius 3 is 2.05 bits per heavy atom. The molecule has 0 saturated carbocycles. The third-order valence-corrected chi connectivity index (χ3v) is 5.91. The van der Waals surface area contributed by atoms with Gasteiger partial charge in [0.05, 0.1) is 6.54 Å². The summed E-state index contributed by atoms with van der Waals surface area (Å²) < 4.78 is 124. The van der Waals surface area contributed by atoms with Crippen molar-refractivity contribution < 1.29 is 49.7 Å². The zero-order valence-electron chi connectivity index (χ0n) is 20.9. The molecule has 0 saturated heterocycles. The van der Waals surface area contributed by atoms with Gasteiger partial charge in [-0.2, -0.15) is 35.8 Å². The molecule has 3 aromatic rings. The molecular formula is C26H20F9N5O2. The first-order valence-corrected chi connectivity index (χ1v) is 11.5. The molecule has 42 heavy (non-hydrogen) atoms. The van der Waals surface area contributed by atoms with Crippen LogP contribution in [-0.2, 0) is 11.5 Å². The predicted octanol–water partition coefficient (Wildman–Crippen LogP) is 4.05. The van der Waals surface area contributed by atoms with E-state index < -0.39 is 64.7 Å². The lowest BCUT2D eigenvalue weighted by Crippen LogP contribution is -2.53. The number of hydrazine groups is 1. The molecule has 0 radical (unpaired) electrons. The SMILES string of the molecule is N/N=C\N(N)CC(O)(c1ccc(F)cc1F)C(F)(F)c1ccc(C#Cc2ccc(C(O)C(F)(F)C(F)(F)F)cc2)cn1. The lowest BCUT2D eigenvalue weighted by molar-refractivity contribution is -0.315. The number of rotatable bonds is 8. The maximum absolute atomic E-state index is 15.7. The normalized spacial score (nSPS) is 14.7. The van der Waals surface area contributed by atoms with Crippen LogP contribution in [0.5, 0.6) is 0 Å². The summed E-state index contributed by atoms with van der Waals surface area (Å²) in [4.78, 5) is 3.59. The molecule has 2 aromatic carbocycles. The van der Waals surface area contributed by atoms with Gasteiger partial charge in [0.2, 0.25) is 0 Å². The molecule has 0 aliphatic rings. The number of benzene rings is 2. The number of hydrogen-bond acceptors (Lipinski definition) is 6. The van der Waals surface area contributed by atoms with Gasteiger partial charge in [0, 0.05) is 29.0 Å². The summed E-state index contributed by atoms with van der Waals surface area (Å²) in [6.07, 6.45) is -7.61. The molecular weight excluding hydrogens is 585 g/mol. The average molecular weight is 605 g/mol. The van der Waals surface area contributed by atoms with Crippen LogP contribution in [0.2, 0.25) is 0 Å². The molecule has 0 aliphatic heterocycles. The van der Waals surface area contributed by atoms with Crippen LogP contribution >= 0.6 is 0 Å². The summed E-state index contributed by atoms with van der Waals surface area (Å²) in [5.41, 5.74) is -6.11. The second-order valence-electron chi connectivity index (χ2n) is 8.82. The van der Waals surface area contributed by atoms with Gasteiger partial charge in [-0.15, -0.1) is 0 Å². The number of pyridine rings is 1. The van der Waals surface area contributed by atoms with Crippen LogP contribution in [0.25, 0.3) is 0 Å². The number of aliphatic hydroxyl groups is 2. The van der Waals surface area contributed by atoms with E-state index in [-0.39, 0.29) is 17.2 Å². The fourth-order valence-corrected chi connectivity index (χ4v) is 3.69. The van der Waals surface area contributed by atoms with Crippen molar-refractivity contribution in [1.29, 1.82) is 0 Å². The van der Waals surface area contributed by atoms with E-state index >= 15 is 8.78 Å². The highest BCUT2D eigenvalue weighted by molar-refractivity contribution is 5.54. The summed E-state index contributed by atoms with van der Waals surface area (Å²) in [5.74, 6) is 3.13. The molecule has 1 heterocycles. The van der Waals surface area contributed by atoms with E-state index in [0.29, 0.717) is 23.5 Å². The summed E-state index contributed by atoms with van der Waals surface area (Å²) in [5, 5.41) is 24.0. The first-order chi connectivity index (χ1) is 19.4. The molecule has 2 atom stereocenters. The van der Waals surface area contributed by atoms with Gasteiger partial charge in [-0.3, -0.25) is 9.99 Å². The van der Waals surface area contributed by atoms with Crippen molar-refractivity contribution in [2.24, 2.45) is 16.8 Å². The van der Waals surface area contributed by atoms with Crippen LogP contribution in [0.4, 0.5) is 39.5 Å². The zero-order chi connectivity index (χ0) is 31.5. The van der Waals surface area contributed by atoms with Gasteiger partial charge in [-0.25, -0.2) is 14.6 Å². The fourth-order valence-electron chi connectivity index (χ4n) is 3.69. The molecule has 0 amide bonds. The van der Waals surface area contributed by atoms with Crippen LogP contribution in [-0.4, -0.2) is 45.2 Å². The van der Waals surface area contributed by atoms with Crippen LogP contribution in [0.3, 0.4) is 0 Å². The second-order valence-corrected chi connectivity index (χ2v) is 8.82. The first-order valence-electron chi connectivity index (χ1n) is 11.5. The molecule has 7 nitrogen and oxygen atoms in total. The number of halogens is 9. The van der Waals surface area contributed by atoms with Crippen molar-refractivity contribution in [2.75, 3.05) is 6.54 Å². The van der Waals surface area contributed by atoms with Gasteiger partial charge < -0.3 is 16.1 Å². The van der Waals surface area contributed by atoms with Crippen molar-refractivity contribution in [1.82, 2.24) is 9.99 Å². The lowest BCUT2D eigenvalue weighted by atomic mass is 9.84. The van der Waals surface area contributed by atoms with Crippen molar-refractivity contribution in [3.8, 4) is 11.8 Å². The Morgan fingerprint density at radius 1 is 0.929 bits per heavy atom. The summed E-state index contributed by atoms with van der Waals surface area (Å²) in [6.45, 7) is -1.17. The minimum absolute atomic E-state index is 0.0227. The molecule has 2 unspecified atom stereocenters. The Balaban J connectivity index is 1.89. The topological polar surface area (TPSA) is 121 Å². The second kappa shape index (κ2) is 11.9. The fraction of sp³-hybridized carbons (Fsp3) is 0.231. The van der Waals surface area contributed by atoms with Crippen molar-refractivity contribution in [3.63, 3.8) is 0 Å². The van der Waals surface area contributed by atoms with Crippen LogP contribution < -0.4 is 11.7 Å². The number of hydrogen-bond donors (Lipinski definition) is 4. The third kappa shape index (κ3) is 6.43. The third-order valence-electron chi connectivity index (χ3n) is 5.91. The average Bonchev–Trinajstić information content (AvgIpc) is 2.91. The van der Waals surface area contributed by atoms with E-state index in [1.807, 2.05) is 0 Å². The molecule has 0 spiro atoms. The number of alkyl halides is 7. The zero-order valence-corrected chi connectivity index (χ0v) is 20.9. The van der Waals surface area contributed by atoms with E-state index in [1.165, 1.54) is 0 Å². The van der Waals surface area contributed by atoms with Gasteiger partial charge >= 0.3 is 18.0 Å². The summed E-state index contributed by atoms with van der Waals surface area (Å²) >= 11 is 0. The van der Waals surface area contributed by atoms with Crippen molar-refractivity contribution in [3.05, 3.63) is 100 Å². The Morgan fingerprint density at radius 2 is 1.52 bits per heavy atom. The summed E-state index contributed by atoms with van der Waals surface area (Å²) in [7, 11) is 0. The van der Waals surface area contributed by atoms with Crippen LogP contribution in [0.15, 0.2) is 65.9 Å². The quantitative estimate of drug-likeness (QED) is 0.0769. The van der Waals surface area contributed by atoms with Gasteiger partial charge in [-0.1, -0.05) is 24.0 Å². The molecule has 6 N–H and O–H groups in total. The molecule has 0 bridgehead atoms. The Bertz CT molecular complexity index is 1490. The minimum atomic E-state index is -5.98. The Labute approximate surface area is 231 Å². The van der Waals surface area contributed by atoms with Gasteiger partial charge in [0.25, 0.3) is 0 Å². The van der Waals surface area contributed by atoms with E-state index in [1.54, 1.807) is 0 Å². The molecule has 224 valence electrons. The number of aliphatic hydroxyl groups excluding tert-OH is 1. The predicted molar refractivity (Wildman–Crippen MR) is 130 cm³/mol. The standard InChI is InChI=1S/C26H20F9N5O2/c27-18-8-9-19(20(28)11-18)23(42,13-40(37)14-39-36)24(29,30)21-10-5-16(12-38-21)2-1-15-3-6-17(7-4-15)22(41)25(31,32)26(33,34)35/h3-12,14,22,41-42H,13,36-37H2/b39-14-. The number of nitrogens with two attached hydrogens (primary N) is 2. The molecule has 16 heteroatoms. The van der Waals surface area contributed by atoms with Crippen LogP contribution in [0.1, 0.15) is 34.1 Å². The highest BCUT2D eigenvalue weighted by atomic mass is 19.4. The summed E-state index contributed by atoms with van der Waals surface area (Å²) in [6, 6.07) is 7.07. The van der Waals surface area contributed by atoms with Gasteiger partial charge in [-0.05, 0) is 42.0 Å². The maximum Gasteiger partial charge on any atom is 0.456 e. The van der Waals surface area contributed by atoms with Gasteiger partial charge in [0.15, 0.2) is 11.7 Å².